The van der Waals surface area contributed by atoms with Gasteiger partial charge in [0.15, 0.2) is 6.10 Å². The van der Waals surface area contributed by atoms with Crippen molar-refractivity contribution in [2.24, 2.45) is 0 Å². The summed E-state index contributed by atoms with van der Waals surface area (Å²) < 4.78 is 30.6. The van der Waals surface area contributed by atoms with Crippen LogP contribution in [0, 0.1) is 11.3 Å². The number of ether oxygens (including phenoxy) is 1. The Kier molecular flexibility index (Phi) is 6.80. The lowest BCUT2D eigenvalue weighted by molar-refractivity contribution is -0.130. The maximum Gasteiger partial charge on any atom is 0.338 e. The van der Waals surface area contributed by atoms with Gasteiger partial charge in [-0.25, -0.2) is 17.5 Å². The van der Waals surface area contributed by atoms with E-state index in [1.165, 1.54) is 45.3 Å². The van der Waals surface area contributed by atoms with Crippen molar-refractivity contribution in [3.8, 4) is 6.07 Å². The quantitative estimate of drug-likeness (QED) is 0.719. The molecule has 28 heavy (non-hydrogen) atoms. The number of carbonyl (C=O) groups excluding carboxylic acids is 2. The van der Waals surface area contributed by atoms with Crippen molar-refractivity contribution in [2.45, 2.75) is 55.6 Å². The van der Waals surface area contributed by atoms with E-state index in [2.05, 4.69) is 11.4 Å². The molecule has 1 aromatic rings. The van der Waals surface area contributed by atoms with E-state index in [9.17, 15) is 23.3 Å². The molecule has 0 bridgehead atoms. The molecule has 9 heteroatoms. The highest BCUT2D eigenvalue weighted by Crippen LogP contribution is 2.27. The van der Waals surface area contributed by atoms with Crippen LogP contribution in [-0.4, -0.2) is 50.3 Å². The first kappa shape index (κ1) is 21.9. The van der Waals surface area contributed by atoms with Crippen LogP contribution < -0.4 is 5.32 Å². The molecule has 2 rings (SSSR count). The molecule has 1 aliphatic rings. The average Bonchev–Trinajstić information content (AvgIpc) is 2.68. The van der Waals surface area contributed by atoms with Crippen LogP contribution in [0.15, 0.2) is 29.2 Å². The monoisotopic (exact) mass is 407 g/mol. The van der Waals surface area contributed by atoms with Crippen molar-refractivity contribution < 1.29 is 22.7 Å². The van der Waals surface area contributed by atoms with Gasteiger partial charge in [0.2, 0.25) is 10.0 Å². The standard InChI is InChI=1S/C19H25N3O5S/c1-14(17(23)21-19(13-20)10-5-4-6-11-19)27-18(24)15-8-7-9-16(12-15)28(25,26)22(2)3/h7-9,12,14H,4-6,10-11H2,1-3H3,(H,21,23)/t14-/m0/s1. The van der Waals surface area contributed by atoms with Crippen LogP contribution in [0.1, 0.15) is 49.4 Å². The second-order valence-electron chi connectivity index (χ2n) is 7.11. The lowest BCUT2D eigenvalue weighted by Crippen LogP contribution is -2.52. The summed E-state index contributed by atoms with van der Waals surface area (Å²) in [5.41, 5.74) is -0.898. The van der Waals surface area contributed by atoms with Crippen molar-refractivity contribution in [1.82, 2.24) is 9.62 Å². The summed E-state index contributed by atoms with van der Waals surface area (Å²) in [5.74, 6) is -1.36. The summed E-state index contributed by atoms with van der Waals surface area (Å²) in [6.45, 7) is 1.42. The highest BCUT2D eigenvalue weighted by molar-refractivity contribution is 7.89. The van der Waals surface area contributed by atoms with Crippen LogP contribution >= 0.6 is 0 Å². The molecule has 0 radical (unpaired) electrons. The van der Waals surface area contributed by atoms with E-state index in [-0.39, 0.29) is 10.5 Å². The molecular weight excluding hydrogens is 382 g/mol. The Labute approximate surface area is 165 Å². The Balaban J connectivity index is 2.08. The van der Waals surface area contributed by atoms with Crippen LogP contribution in [0.3, 0.4) is 0 Å². The summed E-state index contributed by atoms with van der Waals surface area (Å²) in [4.78, 5) is 24.7. The Morgan fingerprint density at radius 2 is 1.89 bits per heavy atom. The molecule has 0 aromatic heterocycles. The van der Waals surface area contributed by atoms with Crippen molar-refractivity contribution in [3.05, 3.63) is 29.8 Å². The summed E-state index contributed by atoms with van der Waals surface area (Å²) >= 11 is 0. The molecule has 0 heterocycles. The van der Waals surface area contributed by atoms with E-state index in [1.807, 2.05) is 0 Å². The number of amides is 1. The van der Waals surface area contributed by atoms with Gasteiger partial charge in [-0.05, 0) is 38.0 Å². The highest BCUT2D eigenvalue weighted by atomic mass is 32.2. The molecule has 8 nitrogen and oxygen atoms in total. The fourth-order valence-electron chi connectivity index (χ4n) is 3.03. The van der Waals surface area contributed by atoms with Crippen LogP contribution in [0.25, 0.3) is 0 Å². The zero-order valence-electron chi connectivity index (χ0n) is 16.3. The highest BCUT2D eigenvalue weighted by Gasteiger charge is 2.35. The Morgan fingerprint density at radius 3 is 2.46 bits per heavy atom. The van der Waals surface area contributed by atoms with Gasteiger partial charge < -0.3 is 10.1 Å². The zero-order valence-corrected chi connectivity index (χ0v) is 17.1. The molecular formula is C19H25N3O5S. The minimum absolute atomic E-state index is 0.0234. The number of hydrogen-bond acceptors (Lipinski definition) is 6. The summed E-state index contributed by atoms with van der Waals surface area (Å²) in [5, 5.41) is 12.2. The van der Waals surface area contributed by atoms with Crippen LogP contribution in [0.2, 0.25) is 0 Å². The zero-order chi connectivity index (χ0) is 20.9. The lowest BCUT2D eigenvalue weighted by atomic mass is 9.83. The molecule has 1 saturated carbocycles. The summed E-state index contributed by atoms with van der Waals surface area (Å²) in [6, 6.07) is 7.62. The maximum absolute atomic E-state index is 12.4. The van der Waals surface area contributed by atoms with Crippen LogP contribution in [0.5, 0.6) is 0 Å². The van der Waals surface area contributed by atoms with Gasteiger partial charge in [0.1, 0.15) is 5.54 Å². The predicted molar refractivity (Wildman–Crippen MR) is 102 cm³/mol. The third-order valence-corrected chi connectivity index (χ3v) is 6.60. The molecule has 152 valence electrons. The molecule has 0 saturated heterocycles. The van der Waals surface area contributed by atoms with E-state index in [1.54, 1.807) is 0 Å². The summed E-state index contributed by atoms with van der Waals surface area (Å²) in [6.07, 6.45) is 2.76. The van der Waals surface area contributed by atoms with Crippen molar-refractivity contribution in [2.75, 3.05) is 14.1 Å². The number of carbonyl (C=O) groups is 2. The van der Waals surface area contributed by atoms with Gasteiger partial charge >= 0.3 is 5.97 Å². The average molecular weight is 407 g/mol. The van der Waals surface area contributed by atoms with Gasteiger partial charge in [0, 0.05) is 14.1 Å². The first-order chi connectivity index (χ1) is 13.1. The van der Waals surface area contributed by atoms with E-state index in [0.717, 1.165) is 23.6 Å². The number of rotatable bonds is 6. The number of nitriles is 1. The lowest BCUT2D eigenvalue weighted by Gasteiger charge is -2.32. The second-order valence-corrected chi connectivity index (χ2v) is 9.26. The number of esters is 1. The number of hydrogen-bond donors (Lipinski definition) is 1. The predicted octanol–water partition coefficient (Wildman–Crippen LogP) is 1.82. The minimum Gasteiger partial charge on any atom is -0.449 e. The van der Waals surface area contributed by atoms with Gasteiger partial charge in [0.05, 0.1) is 16.5 Å². The van der Waals surface area contributed by atoms with Crippen molar-refractivity contribution in [1.29, 1.82) is 5.26 Å². The van der Waals surface area contributed by atoms with Crippen LogP contribution in [0.4, 0.5) is 0 Å². The Morgan fingerprint density at radius 1 is 1.25 bits per heavy atom. The smallest absolute Gasteiger partial charge is 0.338 e. The van der Waals surface area contributed by atoms with Gasteiger partial charge in [-0.3, -0.25) is 4.79 Å². The van der Waals surface area contributed by atoms with Crippen molar-refractivity contribution >= 4 is 21.9 Å². The number of sulfonamides is 1. The van der Waals surface area contributed by atoms with Gasteiger partial charge in [-0.2, -0.15) is 5.26 Å². The normalized spacial score (nSPS) is 17.4. The molecule has 0 unspecified atom stereocenters. The fourth-order valence-corrected chi connectivity index (χ4v) is 3.98. The van der Waals surface area contributed by atoms with Gasteiger partial charge in [-0.1, -0.05) is 25.3 Å². The van der Waals surface area contributed by atoms with E-state index >= 15 is 0 Å². The molecule has 0 aliphatic heterocycles. The SMILES string of the molecule is C[C@H](OC(=O)c1cccc(S(=O)(=O)N(C)C)c1)C(=O)NC1(C#N)CCCCC1. The molecule has 1 atom stereocenters. The van der Waals surface area contributed by atoms with Crippen LogP contribution in [-0.2, 0) is 19.6 Å². The molecule has 1 N–H and O–H groups in total. The number of nitrogens with zero attached hydrogens (tertiary/aromatic N) is 2. The second kappa shape index (κ2) is 8.71. The molecule has 1 aliphatic carbocycles. The number of benzene rings is 1. The third-order valence-electron chi connectivity index (χ3n) is 4.78. The summed E-state index contributed by atoms with van der Waals surface area (Å²) in [7, 11) is -0.914. The first-order valence-electron chi connectivity index (χ1n) is 9.08. The third kappa shape index (κ3) is 4.88. The van der Waals surface area contributed by atoms with Gasteiger partial charge in [-0.15, -0.1) is 0 Å². The Hall–Kier alpha value is -2.44. The minimum atomic E-state index is -3.70. The van der Waals surface area contributed by atoms with E-state index < -0.39 is 33.5 Å². The fraction of sp³-hybridized carbons (Fsp3) is 0.526. The van der Waals surface area contributed by atoms with Crippen molar-refractivity contribution in [3.63, 3.8) is 0 Å². The molecule has 1 amide bonds. The van der Waals surface area contributed by atoms with E-state index in [4.69, 9.17) is 4.74 Å². The van der Waals surface area contributed by atoms with Gasteiger partial charge in [0.25, 0.3) is 5.91 Å². The maximum atomic E-state index is 12.4. The molecule has 1 aromatic carbocycles. The molecule has 1 fully saturated rings. The Bertz CT molecular complexity index is 883. The van der Waals surface area contributed by atoms with E-state index in [0.29, 0.717) is 12.8 Å². The largest absolute Gasteiger partial charge is 0.449 e. The number of nitrogens with one attached hydrogen (secondary N) is 1. The topological polar surface area (TPSA) is 117 Å². The first-order valence-corrected chi connectivity index (χ1v) is 10.5. The molecule has 0 spiro atoms.